The standard InChI is InChI=1S/C9H10INO4S/c1-6(9(12)13)7-2-4-8(5-3-7)11-16(10,14)15/h2-6,11H,1H3,(H,12,13)/t6-/m1/s1. The van der Waals surface area contributed by atoms with Crippen molar-refractivity contribution in [2.45, 2.75) is 12.8 Å². The van der Waals surface area contributed by atoms with E-state index in [1.165, 1.54) is 33.3 Å². The van der Waals surface area contributed by atoms with Gasteiger partial charge in [-0.2, -0.15) is 8.42 Å². The number of carbonyl (C=O) groups is 1. The van der Waals surface area contributed by atoms with Gasteiger partial charge < -0.3 is 5.11 Å². The Labute approximate surface area is 106 Å². The second-order valence-electron chi connectivity index (χ2n) is 3.22. The van der Waals surface area contributed by atoms with Crippen molar-refractivity contribution in [1.29, 1.82) is 0 Å². The summed E-state index contributed by atoms with van der Waals surface area (Å²) in [6.45, 7) is 1.57. The van der Waals surface area contributed by atoms with Gasteiger partial charge in [-0.1, -0.05) is 12.1 Å². The maximum absolute atomic E-state index is 10.9. The molecule has 5 nitrogen and oxygen atoms in total. The first kappa shape index (κ1) is 13.2. The van der Waals surface area contributed by atoms with Gasteiger partial charge in [-0.15, -0.1) is 0 Å². The van der Waals surface area contributed by atoms with E-state index in [9.17, 15) is 13.2 Å². The first-order valence-corrected chi connectivity index (χ1v) is 8.37. The van der Waals surface area contributed by atoms with Crippen molar-refractivity contribution in [2.24, 2.45) is 0 Å². The Bertz CT molecular complexity index is 483. The molecule has 0 spiro atoms. The van der Waals surface area contributed by atoms with Gasteiger partial charge in [-0.05, 0) is 24.6 Å². The third-order valence-electron chi connectivity index (χ3n) is 2.02. The molecule has 88 valence electrons. The van der Waals surface area contributed by atoms with E-state index in [0.717, 1.165) is 0 Å². The maximum Gasteiger partial charge on any atom is 0.310 e. The average molecular weight is 355 g/mol. The van der Waals surface area contributed by atoms with Crippen LogP contribution < -0.4 is 4.72 Å². The first-order valence-electron chi connectivity index (χ1n) is 4.35. The van der Waals surface area contributed by atoms with Crippen LogP contribution in [-0.2, 0) is 12.0 Å². The Morgan fingerprint density at radius 1 is 1.38 bits per heavy atom. The molecule has 1 atom stereocenters. The van der Waals surface area contributed by atoms with Gasteiger partial charge in [0.05, 0.1) is 27.1 Å². The molecule has 1 aromatic carbocycles. The van der Waals surface area contributed by atoms with Crippen LogP contribution in [0.3, 0.4) is 0 Å². The molecule has 0 aliphatic carbocycles. The molecule has 0 bridgehead atoms. The van der Waals surface area contributed by atoms with E-state index in [2.05, 4.69) is 4.72 Å². The number of nitrogens with one attached hydrogen (secondary N) is 1. The minimum absolute atomic E-state index is 0.413. The van der Waals surface area contributed by atoms with Crippen LogP contribution in [0.1, 0.15) is 18.4 Å². The smallest absolute Gasteiger partial charge is 0.310 e. The summed E-state index contributed by atoms with van der Waals surface area (Å²) < 4.78 is 24.1. The van der Waals surface area contributed by atoms with Crippen LogP contribution in [0.25, 0.3) is 0 Å². The normalized spacial score (nSPS) is 13.1. The van der Waals surface area contributed by atoms with Crippen molar-refractivity contribution in [2.75, 3.05) is 4.72 Å². The molecule has 0 saturated heterocycles. The lowest BCUT2D eigenvalue weighted by atomic mass is 10.0. The zero-order valence-electron chi connectivity index (χ0n) is 8.34. The van der Waals surface area contributed by atoms with E-state index in [1.54, 1.807) is 19.1 Å². The molecule has 0 amide bonds. The number of benzene rings is 1. The van der Waals surface area contributed by atoms with E-state index in [1.807, 2.05) is 0 Å². The number of rotatable bonds is 4. The molecule has 1 aromatic rings. The van der Waals surface area contributed by atoms with Gasteiger partial charge in [-0.25, -0.2) is 0 Å². The SMILES string of the molecule is C[C@@H](C(=O)O)c1ccc(NS(=O)(=O)I)cc1. The monoisotopic (exact) mass is 355 g/mol. The van der Waals surface area contributed by atoms with Crippen LogP contribution in [0.5, 0.6) is 0 Å². The highest BCUT2D eigenvalue weighted by molar-refractivity contribution is 14.2. The van der Waals surface area contributed by atoms with Gasteiger partial charge >= 0.3 is 5.97 Å². The molecule has 0 aliphatic rings. The lowest BCUT2D eigenvalue weighted by molar-refractivity contribution is -0.138. The van der Waals surface area contributed by atoms with Crippen molar-refractivity contribution >= 4 is 40.1 Å². The molecule has 1 rings (SSSR count). The molecule has 2 N–H and O–H groups in total. The first-order chi connectivity index (χ1) is 7.29. The summed E-state index contributed by atoms with van der Waals surface area (Å²) >= 11 is 1.28. The summed E-state index contributed by atoms with van der Waals surface area (Å²) in [4.78, 5) is 10.7. The fraction of sp³-hybridized carbons (Fsp3) is 0.222. The Balaban J connectivity index is 2.87. The summed E-state index contributed by atoms with van der Waals surface area (Å²) in [5.41, 5.74) is 1.04. The number of carboxylic acid groups (broad SMARTS) is 1. The van der Waals surface area contributed by atoms with Crippen LogP contribution >= 0.6 is 21.2 Å². The van der Waals surface area contributed by atoms with E-state index >= 15 is 0 Å². The molecular formula is C9H10INO4S. The third kappa shape index (κ3) is 3.97. The minimum atomic E-state index is -3.32. The van der Waals surface area contributed by atoms with Crippen molar-refractivity contribution in [3.63, 3.8) is 0 Å². The molecule has 0 unspecified atom stereocenters. The van der Waals surface area contributed by atoms with Crippen LogP contribution in [-0.4, -0.2) is 19.5 Å². The number of anilines is 1. The summed E-state index contributed by atoms with van der Waals surface area (Å²) in [5.74, 6) is -1.52. The molecule has 0 saturated carbocycles. The third-order valence-corrected chi connectivity index (χ3v) is 3.16. The fourth-order valence-electron chi connectivity index (χ4n) is 1.12. The van der Waals surface area contributed by atoms with Gasteiger partial charge in [0.2, 0.25) is 0 Å². The van der Waals surface area contributed by atoms with E-state index in [4.69, 9.17) is 5.11 Å². The zero-order valence-corrected chi connectivity index (χ0v) is 11.3. The van der Waals surface area contributed by atoms with Crippen LogP contribution in [0, 0.1) is 0 Å². The Hall–Kier alpha value is -0.830. The predicted molar refractivity (Wildman–Crippen MR) is 69.1 cm³/mol. The lowest BCUT2D eigenvalue weighted by Gasteiger charge is -2.07. The fourth-order valence-corrected chi connectivity index (χ4v) is 2.30. The van der Waals surface area contributed by atoms with Crippen LogP contribution in [0.4, 0.5) is 5.69 Å². The molecule has 0 radical (unpaired) electrons. The molecule has 16 heavy (non-hydrogen) atoms. The number of hydrogen-bond acceptors (Lipinski definition) is 3. The largest absolute Gasteiger partial charge is 0.481 e. The average Bonchev–Trinajstić information content (AvgIpc) is 2.15. The van der Waals surface area contributed by atoms with E-state index in [-0.39, 0.29) is 0 Å². The molecule has 0 aromatic heterocycles. The summed E-state index contributed by atoms with van der Waals surface area (Å²) in [6, 6.07) is 6.24. The van der Waals surface area contributed by atoms with Crippen molar-refractivity contribution in [3.8, 4) is 0 Å². The molecule has 0 aliphatic heterocycles. The summed E-state index contributed by atoms with van der Waals surface area (Å²) in [5, 5.41) is 8.78. The minimum Gasteiger partial charge on any atom is -0.481 e. The number of halogens is 1. The van der Waals surface area contributed by atoms with Gasteiger partial charge in [0, 0.05) is 5.69 Å². The number of aliphatic carboxylic acids is 1. The maximum atomic E-state index is 10.9. The van der Waals surface area contributed by atoms with Gasteiger partial charge in [0.1, 0.15) is 0 Å². The van der Waals surface area contributed by atoms with Crippen LogP contribution in [0.15, 0.2) is 24.3 Å². The van der Waals surface area contributed by atoms with E-state index in [0.29, 0.717) is 11.3 Å². The predicted octanol–water partition coefficient (Wildman–Crippen LogP) is 1.97. The van der Waals surface area contributed by atoms with Crippen molar-refractivity contribution < 1.29 is 18.3 Å². The Morgan fingerprint density at radius 3 is 2.25 bits per heavy atom. The molecule has 7 heteroatoms. The van der Waals surface area contributed by atoms with Gasteiger partial charge in [-0.3, -0.25) is 9.52 Å². The second kappa shape index (κ2) is 5.00. The number of carboxylic acids is 1. The van der Waals surface area contributed by atoms with Gasteiger partial charge in [0.15, 0.2) is 0 Å². The van der Waals surface area contributed by atoms with Gasteiger partial charge in [0.25, 0.3) is 7.19 Å². The molecule has 0 heterocycles. The second-order valence-corrected chi connectivity index (χ2v) is 7.78. The highest BCUT2D eigenvalue weighted by atomic mass is 127. The highest BCUT2D eigenvalue weighted by Gasteiger charge is 2.13. The Morgan fingerprint density at radius 2 is 1.88 bits per heavy atom. The summed E-state index contributed by atoms with van der Waals surface area (Å²) in [6.07, 6.45) is 0. The summed E-state index contributed by atoms with van der Waals surface area (Å²) in [7, 11) is -3.32. The van der Waals surface area contributed by atoms with Crippen LogP contribution in [0.2, 0.25) is 0 Å². The zero-order chi connectivity index (χ0) is 12.3. The highest BCUT2D eigenvalue weighted by Crippen LogP contribution is 2.19. The molecular weight excluding hydrogens is 345 g/mol. The number of hydrogen-bond donors (Lipinski definition) is 2. The molecule has 0 fully saturated rings. The quantitative estimate of drug-likeness (QED) is 0.639. The topological polar surface area (TPSA) is 83.5 Å². The lowest BCUT2D eigenvalue weighted by Crippen LogP contribution is -2.08. The van der Waals surface area contributed by atoms with Crippen molar-refractivity contribution in [3.05, 3.63) is 29.8 Å². The Kier molecular flexibility index (Phi) is 4.14. The van der Waals surface area contributed by atoms with Crippen molar-refractivity contribution in [1.82, 2.24) is 0 Å². The van der Waals surface area contributed by atoms with E-state index < -0.39 is 19.1 Å².